The molecule has 0 aliphatic carbocycles. The molecule has 0 bridgehead atoms. The first-order valence-corrected chi connectivity index (χ1v) is 9.37. The Labute approximate surface area is 158 Å². The maximum Gasteiger partial charge on any atom is 0.220 e. The highest BCUT2D eigenvalue weighted by molar-refractivity contribution is 5.92. The first-order chi connectivity index (χ1) is 13.2. The van der Waals surface area contributed by atoms with Crippen LogP contribution >= 0.6 is 0 Å². The molecule has 2 aliphatic rings. The zero-order chi connectivity index (χ0) is 18.8. The largest absolute Gasteiger partial charge is 0.391 e. The standard InChI is InChI=1S/C19H25N5O3/c1-20-18(26)8-13-10-24(11-17(13)25)19-15-9-14(23-4-6-27-7-5-23)2-3-16(15)21-12-22-19/h2-3,9,12-13,17,25H,4-8,10-11H2,1H3,(H,20,26)/t13-,17-/m1/s1. The highest BCUT2D eigenvalue weighted by Gasteiger charge is 2.34. The van der Waals surface area contributed by atoms with Crippen LogP contribution in [-0.4, -0.2) is 73.5 Å². The van der Waals surface area contributed by atoms with Crippen molar-refractivity contribution in [2.75, 3.05) is 56.2 Å². The SMILES string of the molecule is CNC(=O)C[C@@H]1CN(c2ncnc3ccc(N4CCOCC4)cc23)C[C@H]1O. The third-order valence-electron chi connectivity index (χ3n) is 5.41. The predicted molar refractivity (Wildman–Crippen MR) is 103 cm³/mol. The van der Waals surface area contributed by atoms with E-state index >= 15 is 0 Å². The van der Waals surface area contributed by atoms with Gasteiger partial charge < -0.3 is 25.0 Å². The predicted octanol–water partition coefficient (Wildman–Crippen LogP) is 0.400. The Kier molecular flexibility index (Phi) is 5.09. The van der Waals surface area contributed by atoms with Gasteiger partial charge in [0, 0.05) is 56.6 Å². The minimum atomic E-state index is -0.547. The molecule has 2 atom stereocenters. The molecular weight excluding hydrogens is 346 g/mol. The second-order valence-corrected chi connectivity index (χ2v) is 7.11. The van der Waals surface area contributed by atoms with Gasteiger partial charge in [0.05, 0.1) is 24.8 Å². The summed E-state index contributed by atoms with van der Waals surface area (Å²) in [5.41, 5.74) is 2.00. The van der Waals surface area contributed by atoms with Gasteiger partial charge in [-0.25, -0.2) is 9.97 Å². The van der Waals surface area contributed by atoms with Crippen LogP contribution in [0.5, 0.6) is 0 Å². The van der Waals surface area contributed by atoms with Crippen LogP contribution in [0.15, 0.2) is 24.5 Å². The lowest BCUT2D eigenvalue weighted by Gasteiger charge is -2.29. The number of aliphatic hydroxyl groups is 1. The number of carbonyl (C=O) groups excluding carboxylic acids is 1. The number of nitrogens with zero attached hydrogens (tertiary/aromatic N) is 4. The van der Waals surface area contributed by atoms with Gasteiger partial charge in [-0.1, -0.05) is 0 Å². The van der Waals surface area contributed by atoms with Crippen molar-refractivity contribution in [2.45, 2.75) is 12.5 Å². The number of amides is 1. The van der Waals surface area contributed by atoms with Crippen LogP contribution in [0.1, 0.15) is 6.42 Å². The number of rotatable bonds is 4. The molecule has 3 heterocycles. The first kappa shape index (κ1) is 17.9. The molecule has 2 aliphatic heterocycles. The Bertz CT molecular complexity index is 824. The van der Waals surface area contributed by atoms with Crippen molar-refractivity contribution < 1.29 is 14.6 Å². The van der Waals surface area contributed by atoms with E-state index in [0.29, 0.717) is 19.5 Å². The normalized spacial score (nSPS) is 23.0. The van der Waals surface area contributed by atoms with Crippen LogP contribution in [0.25, 0.3) is 10.9 Å². The molecule has 0 radical (unpaired) electrons. The Morgan fingerprint density at radius 1 is 1.26 bits per heavy atom. The van der Waals surface area contributed by atoms with Crippen molar-refractivity contribution in [1.82, 2.24) is 15.3 Å². The van der Waals surface area contributed by atoms with E-state index in [1.807, 2.05) is 6.07 Å². The molecule has 0 spiro atoms. The lowest BCUT2D eigenvalue weighted by molar-refractivity contribution is -0.122. The lowest BCUT2D eigenvalue weighted by Crippen LogP contribution is -2.36. The molecule has 8 heteroatoms. The molecular formula is C19H25N5O3. The molecule has 144 valence electrons. The minimum Gasteiger partial charge on any atom is -0.391 e. The van der Waals surface area contributed by atoms with E-state index in [9.17, 15) is 9.90 Å². The fraction of sp³-hybridized carbons (Fsp3) is 0.526. The lowest BCUT2D eigenvalue weighted by atomic mass is 10.0. The maximum absolute atomic E-state index is 11.7. The highest BCUT2D eigenvalue weighted by Crippen LogP contribution is 2.32. The number of ether oxygens (including phenoxy) is 1. The van der Waals surface area contributed by atoms with Crippen molar-refractivity contribution in [1.29, 1.82) is 0 Å². The summed E-state index contributed by atoms with van der Waals surface area (Å²) in [7, 11) is 1.62. The summed E-state index contributed by atoms with van der Waals surface area (Å²) in [6.45, 7) is 4.26. The van der Waals surface area contributed by atoms with Gasteiger partial charge in [-0.2, -0.15) is 0 Å². The number of β-amino-alcohol motifs (C(OH)–C–C–N with tert-alkyl or cyclic N) is 1. The van der Waals surface area contributed by atoms with Gasteiger partial charge in [0.25, 0.3) is 0 Å². The molecule has 8 nitrogen and oxygen atoms in total. The van der Waals surface area contributed by atoms with Crippen LogP contribution in [0, 0.1) is 5.92 Å². The molecule has 0 unspecified atom stereocenters. The van der Waals surface area contributed by atoms with Crippen molar-refractivity contribution in [3.63, 3.8) is 0 Å². The fourth-order valence-electron chi connectivity index (χ4n) is 3.87. The Morgan fingerprint density at radius 3 is 2.85 bits per heavy atom. The zero-order valence-corrected chi connectivity index (χ0v) is 15.5. The molecule has 1 aromatic heterocycles. The van der Waals surface area contributed by atoms with Crippen molar-refractivity contribution in [3.8, 4) is 0 Å². The number of carbonyl (C=O) groups is 1. The average molecular weight is 371 g/mol. The van der Waals surface area contributed by atoms with Gasteiger partial charge in [-0.3, -0.25) is 4.79 Å². The topological polar surface area (TPSA) is 90.8 Å². The van der Waals surface area contributed by atoms with Crippen molar-refractivity contribution in [3.05, 3.63) is 24.5 Å². The fourth-order valence-corrected chi connectivity index (χ4v) is 3.87. The quantitative estimate of drug-likeness (QED) is 0.804. The molecule has 2 saturated heterocycles. The van der Waals surface area contributed by atoms with Gasteiger partial charge in [-0.15, -0.1) is 0 Å². The summed E-state index contributed by atoms with van der Waals surface area (Å²) in [4.78, 5) is 25.0. The summed E-state index contributed by atoms with van der Waals surface area (Å²) in [6.07, 6.45) is 1.33. The van der Waals surface area contributed by atoms with E-state index < -0.39 is 6.10 Å². The third-order valence-corrected chi connectivity index (χ3v) is 5.41. The summed E-state index contributed by atoms with van der Waals surface area (Å²) in [5.74, 6) is 0.661. The molecule has 1 aromatic carbocycles. The molecule has 2 N–H and O–H groups in total. The average Bonchev–Trinajstić information content (AvgIpc) is 3.07. The van der Waals surface area contributed by atoms with Crippen LogP contribution in [-0.2, 0) is 9.53 Å². The number of fused-ring (bicyclic) bond motifs is 1. The Morgan fingerprint density at radius 2 is 2.07 bits per heavy atom. The van der Waals surface area contributed by atoms with Crippen molar-refractivity contribution >= 4 is 28.3 Å². The molecule has 2 aromatic rings. The minimum absolute atomic E-state index is 0.0527. The molecule has 2 fully saturated rings. The van der Waals surface area contributed by atoms with E-state index in [1.54, 1.807) is 13.4 Å². The molecule has 0 saturated carbocycles. The van der Waals surface area contributed by atoms with E-state index in [-0.39, 0.29) is 11.8 Å². The summed E-state index contributed by atoms with van der Waals surface area (Å²) in [5, 5.41) is 14.0. The van der Waals surface area contributed by atoms with Crippen LogP contribution < -0.4 is 15.1 Å². The van der Waals surface area contributed by atoms with E-state index in [0.717, 1.165) is 48.7 Å². The monoisotopic (exact) mass is 371 g/mol. The number of aliphatic hydroxyl groups excluding tert-OH is 1. The number of benzene rings is 1. The molecule has 4 rings (SSSR count). The molecule has 1 amide bonds. The van der Waals surface area contributed by atoms with Crippen LogP contribution in [0.3, 0.4) is 0 Å². The number of aromatic nitrogens is 2. The van der Waals surface area contributed by atoms with Crippen molar-refractivity contribution in [2.24, 2.45) is 5.92 Å². The second kappa shape index (κ2) is 7.66. The van der Waals surface area contributed by atoms with Gasteiger partial charge in [0.15, 0.2) is 0 Å². The van der Waals surface area contributed by atoms with Crippen LogP contribution in [0.4, 0.5) is 11.5 Å². The summed E-state index contributed by atoms with van der Waals surface area (Å²) in [6, 6.07) is 6.21. The molecule has 27 heavy (non-hydrogen) atoms. The number of hydrogen-bond donors (Lipinski definition) is 2. The Hall–Kier alpha value is -2.45. The summed E-state index contributed by atoms with van der Waals surface area (Å²) >= 11 is 0. The smallest absolute Gasteiger partial charge is 0.220 e. The number of anilines is 2. The number of hydrogen-bond acceptors (Lipinski definition) is 7. The van der Waals surface area contributed by atoms with Gasteiger partial charge in [-0.05, 0) is 18.2 Å². The summed E-state index contributed by atoms with van der Waals surface area (Å²) < 4.78 is 5.44. The van der Waals surface area contributed by atoms with Gasteiger partial charge in [0.2, 0.25) is 5.91 Å². The number of morpholine rings is 1. The maximum atomic E-state index is 11.7. The van der Waals surface area contributed by atoms with E-state index in [4.69, 9.17) is 4.74 Å². The first-order valence-electron chi connectivity index (χ1n) is 9.37. The van der Waals surface area contributed by atoms with E-state index in [1.165, 1.54) is 0 Å². The van der Waals surface area contributed by atoms with E-state index in [2.05, 4.69) is 37.2 Å². The zero-order valence-electron chi connectivity index (χ0n) is 15.5. The highest BCUT2D eigenvalue weighted by atomic mass is 16.5. The van der Waals surface area contributed by atoms with Crippen LogP contribution in [0.2, 0.25) is 0 Å². The van der Waals surface area contributed by atoms with Gasteiger partial charge >= 0.3 is 0 Å². The van der Waals surface area contributed by atoms with Gasteiger partial charge in [0.1, 0.15) is 12.1 Å². The third kappa shape index (κ3) is 3.68. The Balaban J connectivity index is 1.62. The number of nitrogens with one attached hydrogen (secondary N) is 1. The second-order valence-electron chi connectivity index (χ2n) is 7.11.